The summed E-state index contributed by atoms with van der Waals surface area (Å²) in [5.74, 6) is -0.482. The molecule has 0 unspecified atom stereocenters. The Morgan fingerprint density at radius 2 is 1.92 bits per heavy atom. The van der Waals surface area contributed by atoms with Crippen LogP contribution in [-0.4, -0.2) is 29.7 Å². The number of hydrogen-bond donors (Lipinski definition) is 2. The van der Waals surface area contributed by atoms with Crippen LogP contribution < -0.4 is 10.3 Å². The number of amides is 1. The summed E-state index contributed by atoms with van der Waals surface area (Å²) in [4.78, 5) is 30.3. The van der Waals surface area contributed by atoms with E-state index in [-0.39, 0.29) is 11.7 Å². The Kier molecular flexibility index (Phi) is 4.81. The molecule has 0 radical (unpaired) electrons. The normalized spacial score (nSPS) is 10.5. The van der Waals surface area contributed by atoms with Gasteiger partial charge in [-0.1, -0.05) is 24.3 Å². The first kappa shape index (κ1) is 16.1. The number of carbonyl (C=O) groups is 2. The number of H-pyrrole nitrogens is 2. The Hall–Kier alpha value is -2.80. The van der Waals surface area contributed by atoms with Crippen molar-refractivity contribution in [1.82, 2.24) is 4.98 Å². The van der Waals surface area contributed by atoms with Gasteiger partial charge in [0, 0.05) is 0 Å². The molecule has 0 aliphatic rings. The van der Waals surface area contributed by atoms with Gasteiger partial charge in [-0.15, -0.1) is 0 Å². The molecule has 1 heterocycles. The summed E-state index contributed by atoms with van der Waals surface area (Å²) >= 11 is 1.35. The first-order chi connectivity index (χ1) is 11.7. The van der Waals surface area contributed by atoms with E-state index in [2.05, 4.69) is 15.3 Å². The number of benzene rings is 2. The molecule has 1 aromatic heterocycles. The third-order valence-corrected chi connectivity index (χ3v) is 4.28. The highest BCUT2D eigenvalue weighted by atomic mass is 32.2. The van der Waals surface area contributed by atoms with E-state index in [4.69, 9.17) is 4.74 Å². The second-order valence-corrected chi connectivity index (χ2v) is 5.98. The number of aromatic nitrogens is 2. The molecule has 3 rings (SSSR count). The summed E-state index contributed by atoms with van der Waals surface area (Å²) in [6.07, 6.45) is 0. The van der Waals surface area contributed by atoms with Crippen LogP contribution in [0.5, 0.6) is 0 Å². The largest absolute Gasteiger partial charge is 0.465 e. The van der Waals surface area contributed by atoms with E-state index in [0.717, 1.165) is 16.2 Å². The number of ether oxygens (including phenoxy) is 1. The Labute approximate surface area is 142 Å². The summed E-state index contributed by atoms with van der Waals surface area (Å²) in [5.41, 5.74) is 2.74. The van der Waals surface area contributed by atoms with Crippen LogP contribution in [0.1, 0.15) is 10.4 Å². The minimum absolute atomic E-state index is 0.205. The smallest absolute Gasteiger partial charge is 0.339 e. The molecule has 1 amide bonds. The predicted octanol–water partition coefficient (Wildman–Crippen LogP) is 2.50. The van der Waals surface area contributed by atoms with Crippen LogP contribution in [0.25, 0.3) is 11.0 Å². The summed E-state index contributed by atoms with van der Waals surface area (Å²) in [5, 5.41) is 3.54. The lowest BCUT2D eigenvalue weighted by Gasteiger charge is -2.08. The van der Waals surface area contributed by atoms with Gasteiger partial charge in [-0.25, -0.2) is 14.8 Å². The summed E-state index contributed by atoms with van der Waals surface area (Å²) < 4.78 is 4.72. The average molecular weight is 342 g/mol. The standard InChI is InChI=1S/C17H15N3O3S/c1-23-16(22)11-6-2-3-7-12(11)18-15(21)10-24-17-19-13-8-4-5-9-14(13)20-17/h2-9H,10H2,1H3,(H,18,21)(H,19,20)/p+1. The Morgan fingerprint density at radius 1 is 1.17 bits per heavy atom. The van der Waals surface area contributed by atoms with Crippen molar-refractivity contribution in [2.45, 2.75) is 5.16 Å². The molecule has 0 bridgehead atoms. The molecule has 0 saturated carbocycles. The maximum Gasteiger partial charge on any atom is 0.339 e. The highest BCUT2D eigenvalue weighted by Gasteiger charge is 2.15. The molecule has 0 saturated heterocycles. The maximum atomic E-state index is 12.2. The van der Waals surface area contributed by atoms with Gasteiger partial charge in [0.05, 0.1) is 24.1 Å². The molecule has 0 spiro atoms. The fraction of sp³-hybridized carbons (Fsp3) is 0.118. The number of anilines is 1. The Morgan fingerprint density at radius 3 is 2.71 bits per heavy atom. The fourth-order valence-electron chi connectivity index (χ4n) is 2.25. The molecule has 0 atom stereocenters. The Balaban J connectivity index is 1.65. The third-order valence-electron chi connectivity index (χ3n) is 3.38. The van der Waals surface area contributed by atoms with Crippen LogP contribution in [-0.2, 0) is 9.53 Å². The van der Waals surface area contributed by atoms with E-state index in [1.165, 1.54) is 18.9 Å². The molecule has 122 valence electrons. The molecule has 0 aliphatic heterocycles. The molecule has 2 aromatic carbocycles. The van der Waals surface area contributed by atoms with E-state index in [9.17, 15) is 9.59 Å². The monoisotopic (exact) mass is 342 g/mol. The van der Waals surface area contributed by atoms with Gasteiger partial charge in [-0.3, -0.25) is 4.79 Å². The minimum Gasteiger partial charge on any atom is -0.465 e. The number of methoxy groups -OCH3 is 1. The summed E-state index contributed by atoms with van der Waals surface area (Å²) in [7, 11) is 1.31. The topological polar surface area (TPSA) is 85.3 Å². The van der Waals surface area contributed by atoms with E-state index in [1.807, 2.05) is 24.3 Å². The van der Waals surface area contributed by atoms with Gasteiger partial charge >= 0.3 is 11.1 Å². The molecule has 3 aromatic rings. The average Bonchev–Trinajstić information content (AvgIpc) is 3.03. The number of imidazole rings is 1. The number of rotatable bonds is 5. The second-order valence-electron chi connectivity index (χ2n) is 5.00. The number of aromatic amines is 2. The highest BCUT2D eigenvalue weighted by molar-refractivity contribution is 7.99. The van der Waals surface area contributed by atoms with Crippen molar-refractivity contribution >= 4 is 40.4 Å². The van der Waals surface area contributed by atoms with Gasteiger partial charge in [0.25, 0.3) is 0 Å². The molecule has 6 nitrogen and oxygen atoms in total. The lowest BCUT2D eigenvalue weighted by Crippen LogP contribution is -2.17. The third kappa shape index (κ3) is 3.57. The number of carbonyl (C=O) groups excluding carboxylic acids is 2. The highest BCUT2D eigenvalue weighted by Crippen LogP contribution is 2.18. The van der Waals surface area contributed by atoms with Crippen LogP contribution in [0.4, 0.5) is 5.69 Å². The van der Waals surface area contributed by atoms with Gasteiger partial charge in [-0.2, -0.15) is 0 Å². The zero-order valence-electron chi connectivity index (χ0n) is 13.0. The molecule has 3 N–H and O–H groups in total. The van der Waals surface area contributed by atoms with Crippen molar-refractivity contribution in [2.75, 3.05) is 18.2 Å². The first-order valence-corrected chi connectivity index (χ1v) is 8.26. The molecule has 7 heteroatoms. The SMILES string of the molecule is COC(=O)c1ccccc1NC(=O)CSc1[nH]c2ccccc2[nH+]1. The lowest BCUT2D eigenvalue weighted by atomic mass is 10.2. The number of thioether (sulfide) groups is 1. The predicted molar refractivity (Wildman–Crippen MR) is 92.0 cm³/mol. The van der Waals surface area contributed by atoms with Crippen molar-refractivity contribution in [1.29, 1.82) is 0 Å². The van der Waals surface area contributed by atoms with Crippen LogP contribution in [0, 0.1) is 0 Å². The first-order valence-electron chi connectivity index (χ1n) is 7.27. The van der Waals surface area contributed by atoms with Gasteiger partial charge in [0.1, 0.15) is 0 Å². The van der Waals surface area contributed by atoms with Crippen LogP contribution in [0.15, 0.2) is 53.7 Å². The van der Waals surface area contributed by atoms with Gasteiger partial charge < -0.3 is 10.1 Å². The molecular formula is C17H16N3O3S+. The van der Waals surface area contributed by atoms with Crippen LogP contribution in [0.3, 0.4) is 0 Å². The number of fused-ring (bicyclic) bond motifs is 1. The van der Waals surface area contributed by atoms with Gasteiger partial charge in [0.15, 0.2) is 11.0 Å². The molecule has 0 aliphatic carbocycles. The van der Waals surface area contributed by atoms with Crippen LogP contribution in [0.2, 0.25) is 0 Å². The maximum absolute atomic E-state index is 12.2. The molecule has 24 heavy (non-hydrogen) atoms. The van der Waals surface area contributed by atoms with Gasteiger partial charge in [-0.05, 0) is 36.0 Å². The van der Waals surface area contributed by atoms with Crippen molar-refractivity contribution in [3.8, 4) is 0 Å². The number of para-hydroxylation sites is 3. The van der Waals surface area contributed by atoms with E-state index in [0.29, 0.717) is 11.3 Å². The zero-order valence-corrected chi connectivity index (χ0v) is 13.8. The Bertz CT molecular complexity index is 858. The minimum atomic E-state index is -0.484. The molecular weight excluding hydrogens is 326 g/mol. The fourth-order valence-corrected chi connectivity index (χ4v) is 2.97. The van der Waals surface area contributed by atoms with Crippen LogP contribution >= 0.6 is 11.8 Å². The molecule has 0 fully saturated rings. The summed E-state index contributed by atoms with van der Waals surface area (Å²) in [6, 6.07) is 14.6. The zero-order chi connectivity index (χ0) is 16.9. The van der Waals surface area contributed by atoms with E-state index in [1.54, 1.807) is 24.3 Å². The van der Waals surface area contributed by atoms with E-state index >= 15 is 0 Å². The lowest BCUT2D eigenvalue weighted by molar-refractivity contribution is -0.396. The van der Waals surface area contributed by atoms with Gasteiger partial charge in [0.2, 0.25) is 5.91 Å². The van der Waals surface area contributed by atoms with Crippen molar-refractivity contribution < 1.29 is 19.3 Å². The van der Waals surface area contributed by atoms with Crippen molar-refractivity contribution in [2.24, 2.45) is 0 Å². The van der Waals surface area contributed by atoms with E-state index < -0.39 is 5.97 Å². The van der Waals surface area contributed by atoms with Crippen molar-refractivity contribution in [3.05, 3.63) is 54.1 Å². The number of nitrogens with one attached hydrogen (secondary N) is 3. The summed E-state index contributed by atoms with van der Waals surface area (Å²) in [6.45, 7) is 0. The quantitative estimate of drug-likeness (QED) is 0.551. The second kappa shape index (κ2) is 7.18. The number of hydrogen-bond acceptors (Lipinski definition) is 4. The number of esters is 1. The van der Waals surface area contributed by atoms with Crippen molar-refractivity contribution in [3.63, 3.8) is 0 Å².